The van der Waals surface area contributed by atoms with E-state index >= 15 is 0 Å². The minimum absolute atomic E-state index is 0.241. The van der Waals surface area contributed by atoms with Crippen molar-refractivity contribution in [2.24, 2.45) is 0 Å². The van der Waals surface area contributed by atoms with Crippen molar-refractivity contribution in [3.8, 4) is 17.1 Å². The van der Waals surface area contributed by atoms with Gasteiger partial charge in [0.15, 0.2) is 5.76 Å². The number of ether oxygens (including phenoxy) is 1. The van der Waals surface area contributed by atoms with Crippen molar-refractivity contribution in [1.29, 1.82) is 0 Å². The normalized spacial score (nSPS) is 14.7. The highest BCUT2D eigenvalue weighted by molar-refractivity contribution is 6.02. The molecule has 138 valence electrons. The Labute approximate surface area is 158 Å². The Hall–Kier alpha value is -3.05. The first kappa shape index (κ1) is 17.4. The van der Waals surface area contributed by atoms with Crippen LogP contribution in [0.4, 0.5) is 5.69 Å². The lowest BCUT2D eigenvalue weighted by Gasteiger charge is -2.23. The van der Waals surface area contributed by atoms with Crippen LogP contribution in [-0.2, 0) is 0 Å². The fourth-order valence-electron chi connectivity index (χ4n) is 3.16. The Balaban J connectivity index is 1.46. The van der Waals surface area contributed by atoms with Gasteiger partial charge in [-0.3, -0.25) is 4.79 Å². The average molecular weight is 362 g/mol. The SMILES string of the molecule is O=C(Nc1ccccc1)c1ccc(-c2cccc(OC3CCNCC3)c2)o1. The topological polar surface area (TPSA) is 63.5 Å². The molecule has 0 atom stereocenters. The van der Waals surface area contributed by atoms with E-state index in [-0.39, 0.29) is 17.8 Å². The molecule has 5 heteroatoms. The highest BCUT2D eigenvalue weighted by atomic mass is 16.5. The summed E-state index contributed by atoms with van der Waals surface area (Å²) >= 11 is 0. The monoisotopic (exact) mass is 362 g/mol. The highest BCUT2D eigenvalue weighted by Crippen LogP contribution is 2.27. The first-order valence-corrected chi connectivity index (χ1v) is 9.22. The van der Waals surface area contributed by atoms with Gasteiger partial charge < -0.3 is 19.8 Å². The quantitative estimate of drug-likeness (QED) is 0.709. The molecular formula is C22H22N2O3. The van der Waals surface area contributed by atoms with Crippen molar-refractivity contribution in [2.45, 2.75) is 18.9 Å². The Kier molecular flexibility index (Phi) is 5.21. The third-order valence-corrected chi connectivity index (χ3v) is 4.57. The molecular weight excluding hydrogens is 340 g/mol. The van der Waals surface area contributed by atoms with E-state index in [1.807, 2.05) is 60.7 Å². The lowest BCUT2D eigenvalue weighted by atomic mass is 10.1. The Bertz CT molecular complexity index is 899. The summed E-state index contributed by atoms with van der Waals surface area (Å²) in [4.78, 5) is 12.4. The predicted octanol–water partition coefficient (Wildman–Crippen LogP) is 4.33. The number of carbonyl (C=O) groups is 1. The molecule has 1 aromatic heterocycles. The van der Waals surface area contributed by atoms with E-state index in [1.54, 1.807) is 6.07 Å². The number of nitrogens with one attached hydrogen (secondary N) is 2. The number of rotatable bonds is 5. The fourth-order valence-corrected chi connectivity index (χ4v) is 3.16. The van der Waals surface area contributed by atoms with Crippen molar-refractivity contribution in [3.05, 3.63) is 72.5 Å². The van der Waals surface area contributed by atoms with Crippen LogP contribution in [0.2, 0.25) is 0 Å². The van der Waals surface area contributed by atoms with E-state index in [1.165, 1.54) is 0 Å². The van der Waals surface area contributed by atoms with Crippen LogP contribution in [0.5, 0.6) is 5.75 Å². The number of hydrogen-bond acceptors (Lipinski definition) is 4. The number of furan rings is 1. The van der Waals surface area contributed by atoms with Gasteiger partial charge in [-0.25, -0.2) is 0 Å². The number of benzene rings is 2. The van der Waals surface area contributed by atoms with Crippen LogP contribution in [0.1, 0.15) is 23.4 Å². The molecule has 1 aliphatic rings. The minimum Gasteiger partial charge on any atom is -0.490 e. The molecule has 2 aromatic carbocycles. The van der Waals surface area contributed by atoms with Crippen molar-refractivity contribution in [2.75, 3.05) is 18.4 Å². The molecule has 1 amide bonds. The molecule has 5 nitrogen and oxygen atoms in total. The zero-order valence-electron chi connectivity index (χ0n) is 15.0. The van der Waals surface area contributed by atoms with Gasteiger partial charge in [-0.2, -0.15) is 0 Å². The lowest BCUT2D eigenvalue weighted by Crippen LogP contribution is -2.34. The van der Waals surface area contributed by atoms with E-state index in [4.69, 9.17) is 9.15 Å². The Morgan fingerprint density at radius 2 is 1.81 bits per heavy atom. The highest BCUT2D eigenvalue weighted by Gasteiger charge is 2.16. The van der Waals surface area contributed by atoms with Crippen molar-refractivity contribution >= 4 is 11.6 Å². The molecule has 0 saturated carbocycles. The van der Waals surface area contributed by atoms with Gasteiger partial charge in [0, 0.05) is 11.3 Å². The van der Waals surface area contributed by atoms with Crippen LogP contribution < -0.4 is 15.4 Å². The van der Waals surface area contributed by atoms with Gasteiger partial charge in [-0.05, 0) is 62.3 Å². The summed E-state index contributed by atoms with van der Waals surface area (Å²) in [7, 11) is 0. The van der Waals surface area contributed by atoms with E-state index in [0.29, 0.717) is 5.76 Å². The molecule has 4 rings (SSSR count). The first-order valence-electron chi connectivity index (χ1n) is 9.22. The first-order chi connectivity index (χ1) is 13.3. The van der Waals surface area contributed by atoms with E-state index in [2.05, 4.69) is 10.6 Å². The van der Waals surface area contributed by atoms with Crippen LogP contribution in [0.25, 0.3) is 11.3 Å². The Morgan fingerprint density at radius 1 is 1.00 bits per heavy atom. The second-order valence-corrected chi connectivity index (χ2v) is 6.58. The van der Waals surface area contributed by atoms with Crippen LogP contribution in [-0.4, -0.2) is 25.1 Å². The molecule has 2 N–H and O–H groups in total. The number of amides is 1. The molecule has 2 heterocycles. The third-order valence-electron chi connectivity index (χ3n) is 4.57. The van der Waals surface area contributed by atoms with Crippen molar-refractivity contribution < 1.29 is 13.9 Å². The molecule has 0 bridgehead atoms. The molecule has 0 spiro atoms. The molecule has 0 radical (unpaired) electrons. The Morgan fingerprint density at radius 3 is 2.63 bits per heavy atom. The van der Waals surface area contributed by atoms with Crippen LogP contribution in [0, 0.1) is 0 Å². The standard InChI is InChI=1S/C22H22N2O3/c25-22(24-17-6-2-1-3-7-17)21-10-9-20(27-21)16-5-4-8-19(15-16)26-18-11-13-23-14-12-18/h1-10,15,18,23H,11-14H2,(H,24,25). The van der Waals surface area contributed by atoms with E-state index < -0.39 is 0 Å². The summed E-state index contributed by atoms with van der Waals surface area (Å²) in [6.45, 7) is 1.98. The second kappa shape index (κ2) is 8.10. The summed E-state index contributed by atoms with van der Waals surface area (Å²) in [6.07, 6.45) is 2.26. The summed E-state index contributed by atoms with van der Waals surface area (Å²) in [5.74, 6) is 1.48. The van der Waals surface area contributed by atoms with Crippen LogP contribution >= 0.6 is 0 Å². The van der Waals surface area contributed by atoms with Gasteiger partial charge in [0.2, 0.25) is 0 Å². The summed E-state index contributed by atoms with van der Waals surface area (Å²) in [5.41, 5.74) is 1.62. The van der Waals surface area contributed by atoms with Gasteiger partial charge in [0.1, 0.15) is 17.6 Å². The summed E-state index contributed by atoms with van der Waals surface area (Å²) in [5, 5.41) is 6.16. The molecule has 0 aliphatic carbocycles. The predicted molar refractivity (Wildman–Crippen MR) is 105 cm³/mol. The van der Waals surface area contributed by atoms with Gasteiger partial charge in [-0.1, -0.05) is 30.3 Å². The maximum atomic E-state index is 12.4. The number of carbonyl (C=O) groups excluding carboxylic acids is 1. The van der Waals surface area contributed by atoms with Gasteiger partial charge in [0.25, 0.3) is 5.91 Å². The third kappa shape index (κ3) is 4.38. The number of piperidine rings is 1. The maximum absolute atomic E-state index is 12.4. The molecule has 3 aromatic rings. The van der Waals surface area contributed by atoms with Gasteiger partial charge >= 0.3 is 0 Å². The zero-order chi connectivity index (χ0) is 18.5. The lowest BCUT2D eigenvalue weighted by molar-refractivity contribution is 0.0997. The van der Waals surface area contributed by atoms with E-state index in [9.17, 15) is 4.79 Å². The maximum Gasteiger partial charge on any atom is 0.291 e. The van der Waals surface area contributed by atoms with Crippen LogP contribution in [0.3, 0.4) is 0 Å². The second-order valence-electron chi connectivity index (χ2n) is 6.58. The minimum atomic E-state index is -0.269. The van der Waals surface area contributed by atoms with Crippen LogP contribution in [0.15, 0.2) is 71.1 Å². The molecule has 0 unspecified atom stereocenters. The molecule has 1 aliphatic heterocycles. The number of anilines is 1. The number of hydrogen-bond donors (Lipinski definition) is 2. The van der Waals surface area contributed by atoms with E-state index in [0.717, 1.165) is 42.9 Å². The average Bonchev–Trinajstić information content (AvgIpc) is 3.20. The summed E-state index contributed by atoms with van der Waals surface area (Å²) < 4.78 is 11.9. The largest absolute Gasteiger partial charge is 0.490 e. The molecule has 27 heavy (non-hydrogen) atoms. The van der Waals surface area contributed by atoms with Gasteiger partial charge in [-0.15, -0.1) is 0 Å². The zero-order valence-corrected chi connectivity index (χ0v) is 15.0. The van der Waals surface area contributed by atoms with Gasteiger partial charge in [0.05, 0.1) is 0 Å². The fraction of sp³-hybridized carbons (Fsp3) is 0.227. The summed E-state index contributed by atoms with van der Waals surface area (Å²) in [6, 6.07) is 20.6. The van der Waals surface area contributed by atoms with Crippen molar-refractivity contribution in [3.63, 3.8) is 0 Å². The van der Waals surface area contributed by atoms with Crippen molar-refractivity contribution in [1.82, 2.24) is 5.32 Å². The molecule has 1 fully saturated rings. The smallest absolute Gasteiger partial charge is 0.291 e. The molecule has 1 saturated heterocycles. The number of para-hydroxylation sites is 1.